The first-order valence-corrected chi connectivity index (χ1v) is 10.4. The number of piperazine rings is 1. The van der Waals surface area contributed by atoms with E-state index in [2.05, 4.69) is 14.9 Å². The Balaban J connectivity index is 1.18. The number of hydrogen-bond acceptors (Lipinski definition) is 4. The lowest BCUT2D eigenvalue weighted by molar-refractivity contribution is 0.0629. The summed E-state index contributed by atoms with van der Waals surface area (Å²) >= 11 is 0. The lowest BCUT2D eigenvalue weighted by Crippen LogP contribution is -2.49. The number of aromatic amines is 1. The van der Waals surface area contributed by atoms with Crippen LogP contribution in [0.15, 0.2) is 48.8 Å². The largest absolute Gasteiger partial charge is 0.497 e. The van der Waals surface area contributed by atoms with Gasteiger partial charge in [0.05, 0.1) is 24.5 Å². The highest BCUT2D eigenvalue weighted by Crippen LogP contribution is 2.22. The summed E-state index contributed by atoms with van der Waals surface area (Å²) in [4.78, 5) is 24.7. The van der Waals surface area contributed by atoms with Gasteiger partial charge in [0.1, 0.15) is 17.3 Å². The fourth-order valence-corrected chi connectivity index (χ4v) is 4.16. The van der Waals surface area contributed by atoms with Gasteiger partial charge in [-0.3, -0.25) is 9.69 Å². The van der Waals surface area contributed by atoms with E-state index in [1.165, 1.54) is 12.1 Å². The van der Waals surface area contributed by atoms with Gasteiger partial charge < -0.3 is 19.2 Å². The average molecular weight is 421 g/mol. The van der Waals surface area contributed by atoms with Gasteiger partial charge in [-0.15, -0.1) is 0 Å². The van der Waals surface area contributed by atoms with Crippen molar-refractivity contribution >= 4 is 27.8 Å². The molecule has 1 aliphatic rings. The third kappa shape index (κ3) is 3.86. The standard InChI is InChI=1S/C23H24FN5O2/c1-31-18-4-2-16-12-21(26-19(16)14-18)23(30)28-9-6-27(7-10-28)8-11-29-15-25-20-13-17(24)3-5-22(20)29/h2-5,12-15,26H,6-11H2,1H3. The Morgan fingerprint density at radius 3 is 2.74 bits per heavy atom. The quantitative estimate of drug-likeness (QED) is 0.538. The van der Waals surface area contributed by atoms with Crippen molar-refractivity contribution < 1.29 is 13.9 Å². The number of amides is 1. The molecule has 0 spiro atoms. The minimum Gasteiger partial charge on any atom is -0.497 e. The van der Waals surface area contributed by atoms with E-state index in [1.807, 2.05) is 33.7 Å². The van der Waals surface area contributed by atoms with E-state index >= 15 is 0 Å². The number of imidazole rings is 1. The fourth-order valence-electron chi connectivity index (χ4n) is 4.16. The van der Waals surface area contributed by atoms with Crippen LogP contribution in [0.1, 0.15) is 10.5 Å². The second-order valence-corrected chi connectivity index (χ2v) is 7.84. The highest BCUT2D eigenvalue weighted by molar-refractivity contribution is 5.98. The van der Waals surface area contributed by atoms with Crippen molar-refractivity contribution in [2.24, 2.45) is 0 Å². The van der Waals surface area contributed by atoms with E-state index in [4.69, 9.17) is 4.74 Å². The summed E-state index contributed by atoms with van der Waals surface area (Å²) in [6.45, 7) is 4.65. The van der Waals surface area contributed by atoms with Gasteiger partial charge >= 0.3 is 0 Å². The summed E-state index contributed by atoms with van der Waals surface area (Å²) in [5, 5.41) is 0.996. The Labute approximate surface area is 179 Å². The molecule has 2 aromatic carbocycles. The van der Waals surface area contributed by atoms with E-state index in [1.54, 1.807) is 19.5 Å². The number of fused-ring (bicyclic) bond motifs is 2. The summed E-state index contributed by atoms with van der Waals surface area (Å²) in [6.07, 6.45) is 1.76. The van der Waals surface area contributed by atoms with Crippen molar-refractivity contribution in [1.29, 1.82) is 0 Å². The van der Waals surface area contributed by atoms with Crippen LogP contribution in [0.5, 0.6) is 5.75 Å². The molecule has 1 saturated heterocycles. The Kier molecular flexibility index (Phi) is 5.07. The molecule has 2 aromatic heterocycles. The van der Waals surface area contributed by atoms with Gasteiger partial charge in [0.15, 0.2) is 0 Å². The molecule has 7 nitrogen and oxygen atoms in total. The molecule has 4 aromatic rings. The van der Waals surface area contributed by atoms with Crippen molar-refractivity contribution in [2.75, 3.05) is 39.8 Å². The number of nitrogens with one attached hydrogen (secondary N) is 1. The molecule has 0 atom stereocenters. The molecule has 1 aliphatic heterocycles. The Bertz CT molecular complexity index is 1240. The Hall–Kier alpha value is -3.39. The first kappa shape index (κ1) is 19.6. The maximum absolute atomic E-state index is 13.3. The van der Waals surface area contributed by atoms with Crippen molar-refractivity contribution in [1.82, 2.24) is 24.3 Å². The zero-order valence-corrected chi connectivity index (χ0v) is 17.3. The molecule has 5 rings (SSSR count). The van der Waals surface area contributed by atoms with E-state index in [0.29, 0.717) is 24.3 Å². The van der Waals surface area contributed by atoms with Crippen molar-refractivity contribution in [3.63, 3.8) is 0 Å². The highest BCUT2D eigenvalue weighted by Gasteiger charge is 2.23. The van der Waals surface area contributed by atoms with Crippen LogP contribution >= 0.6 is 0 Å². The fraction of sp³-hybridized carbons (Fsp3) is 0.304. The molecule has 160 valence electrons. The van der Waals surface area contributed by atoms with Gasteiger partial charge in [-0.25, -0.2) is 9.37 Å². The number of carbonyl (C=O) groups is 1. The number of ether oxygens (including phenoxy) is 1. The van der Waals surface area contributed by atoms with Crippen molar-refractivity contribution in [3.8, 4) is 5.75 Å². The zero-order valence-electron chi connectivity index (χ0n) is 17.3. The van der Waals surface area contributed by atoms with Crippen LogP contribution in [0.3, 0.4) is 0 Å². The SMILES string of the molecule is COc1ccc2cc(C(=O)N3CCN(CCn4cnc5cc(F)ccc54)CC3)[nH]c2c1. The minimum atomic E-state index is -0.271. The van der Waals surface area contributed by atoms with Gasteiger partial charge in [-0.2, -0.15) is 0 Å². The van der Waals surface area contributed by atoms with Gasteiger partial charge in [-0.1, -0.05) is 0 Å². The first-order valence-electron chi connectivity index (χ1n) is 10.4. The van der Waals surface area contributed by atoms with Crippen LogP contribution in [0.4, 0.5) is 4.39 Å². The minimum absolute atomic E-state index is 0.0254. The van der Waals surface area contributed by atoms with Crippen LogP contribution in [0.2, 0.25) is 0 Å². The maximum Gasteiger partial charge on any atom is 0.270 e. The molecular weight excluding hydrogens is 397 g/mol. The zero-order chi connectivity index (χ0) is 21.4. The Morgan fingerprint density at radius 1 is 1.10 bits per heavy atom. The second kappa shape index (κ2) is 8.03. The number of hydrogen-bond donors (Lipinski definition) is 1. The lowest BCUT2D eigenvalue weighted by atomic mass is 10.2. The molecule has 1 amide bonds. The molecule has 0 bridgehead atoms. The number of methoxy groups -OCH3 is 1. The predicted molar refractivity (Wildman–Crippen MR) is 117 cm³/mol. The Morgan fingerprint density at radius 2 is 1.94 bits per heavy atom. The number of carbonyl (C=O) groups excluding carboxylic acids is 1. The number of nitrogens with zero attached hydrogens (tertiary/aromatic N) is 4. The van der Waals surface area contributed by atoms with E-state index in [0.717, 1.165) is 48.3 Å². The molecule has 0 unspecified atom stereocenters. The summed E-state index contributed by atoms with van der Waals surface area (Å²) in [5.41, 5.74) is 3.11. The molecule has 0 saturated carbocycles. The topological polar surface area (TPSA) is 66.4 Å². The lowest BCUT2D eigenvalue weighted by Gasteiger charge is -2.34. The average Bonchev–Trinajstić information content (AvgIpc) is 3.40. The first-order chi connectivity index (χ1) is 15.1. The van der Waals surface area contributed by atoms with Crippen molar-refractivity contribution in [3.05, 3.63) is 60.3 Å². The van der Waals surface area contributed by atoms with Gasteiger partial charge in [0, 0.05) is 62.3 Å². The third-order valence-corrected chi connectivity index (χ3v) is 5.96. The summed E-state index contributed by atoms with van der Waals surface area (Å²) in [7, 11) is 1.63. The molecule has 1 N–H and O–H groups in total. The van der Waals surface area contributed by atoms with Crippen LogP contribution < -0.4 is 4.74 Å². The molecule has 0 aliphatic carbocycles. The predicted octanol–water partition coefficient (Wildman–Crippen LogP) is 3.12. The number of rotatable bonds is 5. The smallest absolute Gasteiger partial charge is 0.270 e. The normalized spacial score (nSPS) is 15.1. The highest BCUT2D eigenvalue weighted by atomic mass is 19.1. The maximum atomic E-state index is 13.3. The number of aromatic nitrogens is 3. The second-order valence-electron chi connectivity index (χ2n) is 7.84. The number of H-pyrrole nitrogens is 1. The van der Waals surface area contributed by atoms with Crippen LogP contribution in [0.25, 0.3) is 21.9 Å². The van der Waals surface area contributed by atoms with Crippen LogP contribution in [-0.4, -0.2) is 70.1 Å². The molecule has 8 heteroatoms. The number of benzene rings is 2. The van der Waals surface area contributed by atoms with Crippen LogP contribution in [0, 0.1) is 5.82 Å². The molecule has 31 heavy (non-hydrogen) atoms. The summed E-state index contributed by atoms with van der Waals surface area (Å²) < 4.78 is 20.6. The number of halogens is 1. The van der Waals surface area contributed by atoms with Gasteiger partial charge in [0.2, 0.25) is 0 Å². The summed E-state index contributed by atoms with van der Waals surface area (Å²) in [5.74, 6) is 0.517. The molecular formula is C23H24FN5O2. The molecule has 1 fully saturated rings. The third-order valence-electron chi connectivity index (χ3n) is 5.96. The van der Waals surface area contributed by atoms with E-state index in [9.17, 15) is 9.18 Å². The molecule has 3 heterocycles. The van der Waals surface area contributed by atoms with Gasteiger partial charge in [0.25, 0.3) is 5.91 Å². The van der Waals surface area contributed by atoms with E-state index in [-0.39, 0.29) is 11.7 Å². The monoisotopic (exact) mass is 421 g/mol. The van der Waals surface area contributed by atoms with Gasteiger partial charge in [-0.05, 0) is 30.3 Å². The van der Waals surface area contributed by atoms with Crippen LogP contribution in [-0.2, 0) is 6.54 Å². The molecule has 0 radical (unpaired) electrons. The summed E-state index contributed by atoms with van der Waals surface area (Å²) in [6, 6.07) is 12.3. The van der Waals surface area contributed by atoms with Crippen molar-refractivity contribution in [2.45, 2.75) is 6.54 Å². The van der Waals surface area contributed by atoms with E-state index < -0.39 is 0 Å².